The van der Waals surface area contributed by atoms with Gasteiger partial charge in [-0.2, -0.15) is 27.8 Å². The Bertz CT molecular complexity index is 782. The molecule has 0 atom stereocenters. The van der Waals surface area contributed by atoms with Gasteiger partial charge in [-0.3, -0.25) is 0 Å². The molecule has 0 aliphatic rings. The Balaban J connectivity index is 2.15. The molecule has 3 aromatic rings. The third kappa shape index (κ3) is 2.20. The summed E-state index contributed by atoms with van der Waals surface area (Å²) in [4.78, 5) is 8.00. The summed E-state index contributed by atoms with van der Waals surface area (Å²) in [5.74, 6) is 0.227. The van der Waals surface area contributed by atoms with Crippen LogP contribution in [0, 0.1) is 0 Å². The number of halogens is 4. The highest BCUT2D eigenvalue weighted by atomic mass is 35.5. The van der Waals surface area contributed by atoms with Crippen molar-refractivity contribution >= 4 is 17.4 Å². The summed E-state index contributed by atoms with van der Waals surface area (Å²) >= 11 is 5.98. The second-order valence-corrected chi connectivity index (χ2v) is 4.40. The molecule has 20 heavy (non-hydrogen) atoms. The molecule has 0 unspecified atom stereocenters. The van der Waals surface area contributed by atoms with Crippen molar-refractivity contribution in [2.45, 2.75) is 6.18 Å². The van der Waals surface area contributed by atoms with E-state index < -0.39 is 11.7 Å². The fraction of sp³-hybridized carbons (Fsp3) is 0.0833. The van der Waals surface area contributed by atoms with Crippen LogP contribution in [0.3, 0.4) is 0 Å². The first-order chi connectivity index (χ1) is 9.45. The van der Waals surface area contributed by atoms with Crippen molar-refractivity contribution in [3.05, 3.63) is 47.4 Å². The van der Waals surface area contributed by atoms with Gasteiger partial charge in [0.25, 0.3) is 5.78 Å². The van der Waals surface area contributed by atoms with Crippen molar-refractivity contribution in [2.75, 3.05) is 0 Å². The van der Waals surface area contributed by atoms with Gasteiger partial charge in [-0.1, -0.05) is 23.7 Å². The van der Waals surface area contributed by atoms with Crippen molar-refractivity contribution in [3.63, 3.8) is 0 Å². The van der Waals surface area contributed by atoms with Crippen molar-refractivity contribution in [1.29, 1.82) is 0 Å². The maximum Gasteiger partial charge on any atom is 0.416 e. The van der Waals surface area contributed by atoms with Crippen LogP contribution in [0.25, 0.3) is 17.0 Å². The molecular weight excluding hydrogens is 293 g/mol. The highest BCUT2D eigenvalue weighted by Gasteiger charge is 2.30. The molecule has 0 aliphatic carbocycles. The lowest BCUT2D eigenvalue weighted by molar-refractivity contribution is -0.137. The number of hydrogen-bond acceptors (Lipinski definition) is 3. The van der Waals surface area contributed by atoms with Crippen molar-refractivity contribution in [1.82, 2.24) is 19.6 Å². The number of fused-ring (bicyclic) bond motifs is 1. The first-order valence-electron chi connectivity index (χ1n) is 5.49. The third-order valence-corrected chi connectivity index (χ3v) is 2.96. The molecule has 0 bridgehead atoms. The predicted octanol–water partition coefficient (Wildman–Crippen LogP) is 3.46. The van der Waals surface area contributed by atoms with Gasteiger partial charge in [0.05, 0.1) is 11.3 Å². The van der Waals surface area contributed by atoms with E-state index in [1.54, 1.807) is 0 Å². The molecule has 0 saturated carbocycles. The van der Waals surface area contributed by atoms with E-state index in [0.717, 1.165) is 12.1 Å². The molecular formula is C12H6ClF3N4. The van der Waals surface area contributed by atoms with Gasteiger partial charge in [-0.05, 0) is 12.1 Å². The molecule has 0 spiro atoms. The van der Waals surface area contributed by atoms with Crippen LogP contribution in [0.5, 0.6) is 0 Å². The Kier molecular flexibility index (Phi) is 2.86. The smallest absolute Gasteiger partial charge is 0.211 e. The fourth-order valence-electron chi connectivity index (χ4n) is 1.78. The van der Waals surface area contributed by atoms with E-state index in [0.29, 0.717) is 11.3 Å². The zero-order chi connectivity index (χ0) is 14.3. The number of hydrogen-bond donors (Lipinski definition) is 0. The second kappa shape index (κ2) is 4.45. The van der Waals surface area contributed by atoms with Gasteiger partial charge in [-0.25, -0.2) is 4.98 Å². The molecule has 2 aromatic heterocycles. The first-order valence-corrected chi connectivity index (χ1v) is 5.87. The van der Waals surface area contributed by atoms with Crippen LogP contribution < -0.4 is 0 Å². The van der Waals surface area contributed by atoms with E-state index in [2.05, 4.69) is 15.1 Å². The van der Waals surface area contributed by atoms with Crippen molar-refractivity contribution in [3.8, 4) is 11.3 Å². The summed E-state index contributed by atoms with van der Waals surface area (Å²) in [7, 11) is 0. The molecule has 4 nitrogen and oxygen atoms in total. The minimum absolute atomic E-state index is 0.222. The Hall–Kier alpha value is -2.15. The maximum atomic E-state index is 12.7. The molecule has 2 heterocycles. The van der Waals surface area contributed by atoms with Crippen LogP contribution in [0.15, 0.2) is 36.7 Å². The van der Waals surface area contributed by atoms with Gasteiger partial charge < -0.3 is 0 Å². The summed E-state index contributed by atoms with van der Waals surface area (Å²) in [5.41, 5.74) is -0.122. The summed E-state index contributed by atoms with van der Waals surface area (Å²) in [6, 6.07) is 6.31. The molecule has 0 N–H and O–H groups in total. The monoisotopic (exact) mass is 298 g/mol. The number of benzene rings is 1. The molecule has 0 aliphatic heterocycles. The average molecular weight is 299 g/mol. The number of nitrogens with zero attached hydrogens (tertiary/aromatic N) is 4. The zero-order valence-corrected chi connectivity index (χ0v) is 10.5. The number of rotatable bonds is 1. The van der Waals surface area contributed by atoms with Gasteiger partial charge >= 0.3 is 6.18 Å². The molecule has 0 amide bonds. The normalized spacial score (nSPS) is 12.0. The first kappa shape index (κ1) is 12.9. The van der Waals surface area contributed by atoms with Gasteiger partial charge in [0.2, 0.25) is 0 Å². The van der Waals surface area contributed by atoms with Gasteiger partial charge in [0.15, 0.2) is 0 Å². The largest absolute Gasteiger partial charge is 0.416 e. The molecule has 3 rings (SSSR count). The lowest BCUT2D eigenvalue weighted by atomic mass is 10.1. The second-order valence-electron chi connectivity index (χ2n) is 4.01. The highest BCUT2D eigenvalue weighted by Crippen LogP contribution is 2.32. The number of aromatic nitrogens is 4. The van der Waals surface area contributed by atoms with Crippen LogP contribution in [0.2, 0.25) is 5.15 Å². The van der Waals surface area contributed by atoms with E-state index in [1.807, 2.05) is 0 Å². The molecule has 0 saturated heterocycles. The quantitative estimate of drug-likeness (QED) is 0.646. The fourth-order valence-corrected chi connectivity index (χ4v) is 2.00. The minimum Gasteiger partial charge on any atom is -0.211 e. The topological polar surface area (TPSA) is 43.1 Å². The Labute approximate surface area is 115 Å². The zero-order valence-electron chi connectivity index (χ0n) is 9.76. The van der Waals surface area contributed by atoms with Gasteiger partial charge in [0.1, 0.15) is 11.5 Å². The van der Waals surface area contributed by atoms with Crippen LogP contribution in [-0.4, -0.2) is 19.6 Å². The average Bonchev–Trinajstić information content (AvgIpc) is 2.87. The SMILES string of the molecule is FC(F)(F)c1cccc(-c2cc(Cl)n3ncnc3n2)c1. The minimum atomic E-state index is -4.40. The van der Waals surface area contributed by atoms with E-state index >= 15 is 0 Å². The Morgan fingerprint density at radius 3 is 2.70 bits per heavy atom. The summed E-state index contributed by atoms with van der Waals surface area (Å²) in [5, 5.41) is 4.06. The van der Waals surface area contributed by atoms with E-state index in [4.69, 9.17) is 11.6 Å². The van der Waals surface area contributed by atoms with E-state index in [1.165, 1.54) is 29.0 Å². The van der Waals surface area contributed by atoms with Crippen molar-refractivity contribution < 1.29 is 13.2 Å². The van der Waals surface area contributed by atoms with E-state index in [-0.39, 0.29) is 10.9 Å². The van der Waals surface area contributed by atoms with Crippen LogP contribution in [0.1, 0.15) is 5.56 Å². The van der Waals surface area contributed by atoms with Crippen LogP contribution in [0.4, 0.5) is 13.2 Å². The highest BCUT2D eigenvalue weighted by molar-refractivity contribution is 6.29. The van der Waals surface area contributed by atoms with Crippen LogP contribution in [-0.2, 0) is 6.18 Å². The number of alkyl halides is 3. The molecule has 8 heteroatoms. The van der Waals surface area contributed by atoms with Gasteiger partial charge in [-0.15, -0.1) is 0 Å². The third-order valence-electron chi connectivity index (χ3n) is 2.69. The van der Waals surface area contributed by atoms with E-state index in [9.17, 15) is 13.2 Å². The lowest BCUT2D eigenvalue weighted by Crippen LogP contribution is -2.04. The molecule has 0 fully saturated rings. The molecule has 0 radical (unpaired) electrons. The maximum absolute atomic E-state index is 12.7. The predicted molar refractivity (Wildman–Crippen MR) is 66.2 cm³/mol. The van der Waals surface area contributed by atoms with Crippen LogP contribution >= 0.6 is 11.6 Å². The van der Waals surface area contributed by atoms with Gasteiger partial charge in [0, 0.05) is 11.6 Å². The standard InChI is InChI=1S/C12H6ClF3N4/c13-10-5-9(19-11-17-6-18-20(10)11)7-2-1-3-8(4-7)12(14,15)16/h1-6H. The lowest BCUT2D eigenvalue weighted by Gasteiger charge is -2.08. The Morgan fingerprint density at radius 2 is 1.95 bits per heavy atom. The molecule has 1 aromatic carbocycles. The van der Waals surface area contributed by atoms with Crippen molar-refractivity contribution in [2.24, 2.45) is 0 Å². The summed E-state index contributed by atoms with van der Waals surface area (Å²) < 4.78 is 39.4. The molecule has 102 valence electrons. The summed E-state index contributed by atoms with van der Waals surface area (Å²) in [6.07, 6.45) is -3.14. The summed E-state index contributed by atoms with van der Waals surface area (Å²) in [6.45, 7) is 0. The Morgan fingerprint density at radius 1 is 1.15 bits per heavy atom.